The molecule has 0 saturated carbocycles. The van der Waals surface area contributed by atoms with Crippen molar-refractivity contribution in [2.24, 2.45) is 11.8 Å². The Hall–Kier alpha value is -1.26. The van der Waals surface area contributed by atoms with Crippen LogP contribution in [-0.2, 0) is 4.79 Å². The normalized spacial score (nSPS) is 24.9. The molecular formula is C11H20N2O3. The summed E-state index contributed by atoms with van der Waals surface area (Å²) < 4.78 is 0. The number of carboxylic acid groups (broad SMARTS) is 1. The molecule has 1 fully saturated rings. The third kappa shape index (κ3) is 2.46. The molecule has 5 nitrogen and oxygen atoms in total. The van der Waals surface area contributed by atoms with E-state index in [4.69, 9.17) is 5.11 Å². The Bertz CT molecular complexity index is 291. The average Bonchev–Trinajstić information content (AvgIpc) is 2.58. The number of amides is 2. The van der Waals surface area contributed by atoms with Crippen molar-refractivity contribution < 1.29 is 14.7 Å². The van der Waals surface area contributed by atoms with Crippen LogP contribution >= 0.6 is 0 Å². The molecule has 2 amide bonds. The molecule has 92 valence electrons. The van der Waals surface area contributed by atoms with Gasteiger partial charge in [-0.3, -0.25) is 4.79 Å². The minimum atomic E-state index is -0.810. The second kappa shape index (κ2) is 4.72. The zero-order chi connectivity index (χ0) is 12.5. The molecule has 1 rings (SSSR count). The van der Waals surface area contributed by atoms with Gasteiger partial charge >= 0.3 is 12.0 Å². The number of nitrogens with zero attached hydrogens (tertiary/aromatic N) is 2. The SMILES string of the molecule is CC(C)N(C)C(=O)N1C[C@@H](C)[C@H](C(=O)O)C1. The van der Waals surface area contributed by atoms with Gasteiger partial charge in [-0.15, -0.1) is 0 Å². The van der Waals surface area contributed by atoms with E-state index in [9.17, 15) is 9.59 Å². The third-order valence-electron chi connectivity index (χ3n) is 3.28. The fourth-order valence-electron chi connectivity index (χ4n) is 1.89. The monoisotopic (exact) mass is 228 g/mol. The first-order valence-corrected chi connectivity index (χ1v) is 5.59. The third-order valence-corrected chi connectivity index (χ3v) is 3.28. The van der Waals surface area contributed by atoms with Crippen LogP contribution in [0.5, 0.6) is 0 Å². The molecule has 0 aliphatic carbocycles. The number of likely N-dealkylation sites (tertiary alicyclic amines) is 1. The molecule has 1 saturated heterocycles. The molecule has 0 aromatic carbocycles. The molecule has 0 bridgehead atoms. The van der Waals surface area contributed by atoms with E-state index in [0.717, 1.165) is 0 Å². The Balaban J connectivity index is 2.65. The Morgan fingerprint density at radius 2 is 1.94 bits per heavy atom. The summed E-state index contributed by atoms with van der Waals surface area (Å²) in [6.07, 6.45) is 0. The number of urea groups is 1. The summed E-state index contributed by atoms with van der Waals surface area (Å²) in [5.74, 6) is -1.21. The smallest absolute Gasteiger partial charge is 0.320 e. The highest BCUT2D eigenvalue weighted by Crippen LogP contribution is 2.24. The topological polar surface area (TPSA) is 60.9 Å². The average molecular weight is 228 g/mol. The van der Waals surface area contributed by atoms with Crippen molar-refractivity contribution >= 4 is 12.0 Å². The predicted molar refractivity (Wildman–Crippen MR) is 60.2 cm³/mol. The number of hydrogen-bond donors (Lipinski definition) is 1. The summed E-state index contributed by atoms with van der Waals surface area (Å²) in [4.78, 5) is 26.2. The van der Waals surface area contributed by atoms with Gasteiger partial charge in [0.15, 0.2) is 0 Å². The Labute approximate surface area is 96.0 Å². The zero-order valence-corrected chi connectivity index (χ0v) is 10.3. The summed E-state index contributed by atoms with van der Waals surface area (Å²) >= 11 is 0. The van der Waals surface area contributed by atoms with Gasteiger partial charge in [0.25, 0.3) is 0 Å². The zero-order valence-electron chi connectivity index (χ0n) is 10.3. The lowest BCUT2D eigenvalue weighted by molar-refractivity contribution is -0.142. The van der Waals surface area contributed by atoms with Crippen LogP contribution in [0.1, 0.15) is 20.8 Å². The number of hydrogen-bond acceptors (Lipinski definition) is 2. The van der Waals surface area contributed by atoms with Crippen molar-refractivity contribution in [2.45, 2.75) is 26.8 Å². The predicted octanol–water partition coefficient (Wildman–Crippen LogP) is 1.10. The van der Waals surface area contributed by atoms with Gasteiger partial charge in [0.2, 0.25) is 0 Å². The quantitative estimate of drug-likeness (QED) is 0.770. The molecule has 1 heterocycles. The molecule has 16 heavy (non-hydrogen) atoms. The van der Waals surface area contributed by atoms with Crippen molar-refractivity contribution in [3.63, 3.8) is 0 Å². The van der Waals surface area contributed by atoms with Gasteiger partial charge in [-0.2, -0.15) is 0 Å². The van der Waals surface area contributed by atoms with Crippen LogP contribution in [0.15, 0.2) is 0 Å². The largest absolute Gasteiger partial charge is 0.481 e. The molecule has 1 aliphatic rings. The second-order valence-corrected chi connectivity index (χ2v) is 4.81. The molecule has 0 spiro atoms. The van der Waals surface area contributed by atoms with Crippen LogP contribution in [-0.4, -0.2) is 53.1 Å². The summed E-state index contributed by atoms with van der Waals surface area (Å²) in [7, 11) is 1.74. The first kappa shape index (κ1) is 12.8. The molecule has 0 radical (unpaired) electrons. The molecule has 2 atom stereocenters. The molecule has 5 heteroatoms. The van der Waals surface area contributed by atoms with Crippen LogP contribution in [0.4, 0.5) is 4.79 Å². The fraction of sp³-hybridized carbons (Fsp3) is 0.818. The highest BCUT2D eigenvalue weighted by Gasteiger charge is 2.38. The lowest BCUT2D eigenvalue weighted by atomic mass is 9.99. The van der Waals surface area contributed by atoms with E-state index >= 15 is 0 Å². The Morgan fingerprint density at radius 1 is 1.38 bits per heavy atom. The molecule has 0 unspecified atom stereocenters. The number of carbonyl (C=O) groups is 2. The number of rotatable bonds is 2. The van der Waals surface area contributed by atoms with Gasteiger partial charge in [0.05, 0.1) is 5.92 Å². The van der Waals surface area contributed by atoms with Crippen LogP contribution in [0.2, 0.25) is 0 Å². The van der Waals surface area contributed by atoms with Crippen molar-refractivity contribution in [3.05, 3.63) is 0 Å². The maximum atomic E-state index is 12.0. The molecule has 0 aromatic rings. The first-order chi connectivity index (χ1) is 7.34. The maximum absolute atomic E-state index is 12.0. The van der Waals surface area contributed by atoms with Crippen molar-refractivity contribution in [3.8, 4) is 0 Å². The van der Waals surface area contributed by atoms with Crippen LogP contribution in [0.25, 0.3) is 0 Å². The standard InChI is InChI=1S/C11H20N2O3/c1-7(2)12(4)11(16)13-5-8(3)9(6-13)10(14)15/h7-9H,5-6H2,1-4H3,(H,14,15)/t8-,9-/m1/s1. The van der Waals surface area contributed by atoms with Gasteiger partial charge in [0, 0.05) is 26.2 Å². The molecule has 1 N–H and O–H groups in total. The van der Waals surface area contributed by atoms with E-state index in [1.165, 1.54) is 0 Å². The van der Waals surface area contributed by atoms with E-state index in [2.05, 4.69) is 0 Å². The van der Waals surface area contributed by atoms with Gasteiger partial charge in [-0.1, -0.05) is 6.92 Å². The van der Waals surface area contributed by atoms with Gasteiger partial charge in [-0.25, -0.2) is 4.79 Å². The van der Waals surface area contributed by atoms with E-state index in [-0.39, 0.29) is 18.0 Å². The van der Waals surface area contributed by atoms with Crippen LogP contribution < -0.4 is 0 Å². The second-order valence-electron chi connectivity index (χ2n) is 4.81. The molecule has 1 aliphatic heterocycles. The Kier molecular flexibility index (Phi) is 3.78. The summed E-state index contributed by atoms with van der Waals surface area (Å²) in [5, 5.41) is 8.98. The summed E-state index contributed by atoms with van der Waals surface area (Å²) in [6.45, 7) is 6.61. The van der Waals surface area contributed by atoms with Crippen LogP contribution in [0.3, 0.4) is 0 Å². The van der Waals surface area contributed by atoms with E-state index in [1.807, 2.05) is 20.8 Å². The van der Waals surface area contributed by atoms with Gasteiger partial charge < -0.3 is 14.9 Å². The van der Waals surface area contributed by atoms with Crippen LogP contribution in [0, 0.1) is 11.8 Å². The first-order valence-electron chi connectivity index (χ1n) is 5.59. The fourth-order valence-corrected chi connectivity index (χ4v) is 1.89. The highest BCUT2D eigenvalue weighted by atomic mass is 16.4. The Morgan fingerprint density at radius 3 is 2.31 bits per heavy atom. The number of aliphatic carboxylic acids is 1. The molecular weight excluding hydrogens is 208 g/mol. The minimum Gasteiger partial charge on any atom is -0.481 e. The van der Waals surface area contributed by atoms with Gasteiger partial charge in [-0.05, 0) is 19.8 Å². The van der Waals surface area contributed by atoms with E-state index in [1.54, 1.807) is 16.8 Å². The lowest BCUT2D eigenvalue weighted by Gasteiger charge is -2.27. The van der Waals surface area contributed by atoms with Crippen molar-refractivity contribution in [1.29, 1.82) is 0 Å². The maximum Gasteiger partial charge on any atom is 0.320 e. The summed E-state index contributed by atoms with van der Waals surface area (Å²) in [5.41, 5.74) is 0. The number of carboxylic acids is 1. The highest BCUT2D eigenvalue weighted by molar-refractivity contribution is 5.77. The van der Waals surface area contributed by atoms with E-state index < -0.39 is 11.9 Å². The summed E-state index contributed by atoms with van der Waals surface area (Å²) in [6, 6.07) is 0.0530. The number of carbonyl (C=O) groups excluding carboxylic acids is 1. The van der Waals surface area contributed by atoms with Crippen molar-refractivity contribution in [1.82, 2.24) is 9.80 Å². The lowest BCUT2D eigenvalue weighted by Crippen LogP contribution is -2.43. The van der Waals surface area contributed by atoms with E-state index in [0.29, 0.717) is 13.1 Å². The minimum absolute atomic E-state index is 0.0296. The van der Waals surface area contributed by atoms with Crippen molar-refractivity contribution in [2.75, 3.05) is 20.1 Å². The molecule has 0 aromatic heterocycles. The van der Waals surface area contributed by atoms with Gasteiger partial charge in [0.1, 0.15) is 0 Å².